The second-order valence-corrected chi connectivity index (χ2v) is 6.15. The van der Waals surface area contributed by atoms with Crippen LogP contribution in [0.3, 0.4) is 0 Å². The minimum atomic E-state index is -0.860. The first kappa shape index (κ1) is 20.2. The summed E-state index contributed by atoms with van der Waals surface area (Å²) in [6, 6.07) is 13.9. The first-order valence-corrected chi connectivity index (χ1v) is 8.82. The number of benzene rings is 2. The maximum atomic E-state index is 13.5. The van der Waals surface area contributed by atoms with Crippen molar-refractivity contribution < 1.29 is 13.9 Å². The summed E-state index contributed by atoms with van der Waals surface area (Å²) in [6.45, 7) is 0.218. The summed E-state index contributed by atoms with van der Waals surface area (Å²) in [5.41, 5.74) is -1.25. The van der Waals surface area contributed by atoms with E-state index in [1.807, 2.05) is 0 Å². The Labute approximate surface area is 165 Å². The van der Waals surface area contributed by atoms with Gasteiger partial charge in [0.05, 0.1) is 18.8 Å². The molecule has 0 atom stereocenters. The number of hydrogen-bond acceptors (Lipinski definition) is 5. The van der Waals surface area contributed by atoms with Crippen LogP contribution in [0.4, 0.5) is 4.39 Å². The lowest BCUT2D eigenvalue weighted by atomic mass is 10.2. The van der Waals surface area contributed by atoms with Gasteiger partial charge in [-0.1, -0.05) is 30.3 Å². The van der Waals surface area contributed by atoms with Crippen molar-refractivity contribution in [1.82, 2.24) is 19.7 Å². The molecular weight excluding hydrogens is 379 g/mol. The molecule has 1 heterocycles. The molecule has 0 spiro atoms. The van der Waals surface area contributed by atoms with Crippen LogP contribution in [-0.4, -0.2) is 40.5 Å². The van der Waals surface area contributed by atoms with Crippen molar-refractivity contribution in [2.24, 2.45) is 0 Å². The Bertz CT molecular complexity index is 1130. The molecule has 1 amide bonds. The number of ether oxygens (including phenoxy) is 1. The number of amides is 1. The molecule has 9 heteroatoms. The molecule has 0 saturated heterocycles. The third kappa shape index (κ3) is 4.64. The second kappa shape index (κ2) is 9.07. The van der Waals surface area contributed by atoms with E-state index >= 15 is 0 Å². The van der Waals surface area contributed by atoms with Gasteiger partial charge in [-0.2, -0.15) is 9.78 Å². The first-order chi connectivity index (χ1) is 14.0. The standard InChI is InChI=1S/C20H19FN4O4/c1-29-11-10-22-18(26)17-19(27)24(13-14-6-5-7-15(21)12-14)20(28)25(23-17)16-8-3-2-4-9-16/h2-9,12H,10-11,13H2,1H3,(H,22,26). The highest BCUT2D eigenvalue weighted by atomic mass is 19.1. The Balaban J connectivity index is 2.12. The molecule has 8 nitrogen and oxygen atoms in total. The normalized spacial score (nSPS) is 10.7. The van der Waals surface area contributed by atoms with E-state index in [4.69, 9.17) is 4.74 Å². The van der Waals surface area contributed by atoms with Crippen LogP contribution in [0, 0.1) is 5.82 Å². The van der Waals surface area contributed by atoms with Crippen LogP contribution in [-0.2, 0) is 11.3 Å². The summed E-state index contributed by atoms with van der Waals surface area (Å²) < 4.78 is 20.3. The largest absolute Gasteiger partial charge is 0.383 e. The van der Waals surface area contributed by atoms with Crippen molar-refractivity contribution >= 4 is 5.91 Å². The maximum Gasteiger partial charge on any atom is 0.352 e. The predicted molar refractivity (Wildman–Crippen MR) is 104 cm³/mol. The van der Waals surface area contributed by atoms with Crippen molar-refractivity contribution in [3.05, 3.63) is 92.5 Å². The average Bonchev–Trinajstić information content (AvgIpc) is 2.72. The fraction of sp³-hybridized carbons (Fsp3) is 0.200. The monoisotopic (exact) mass is 398 g/mol. The van der Waals surface area contributed by atoms with Gasteiger partial charge in [-0.25, -0.2) is 9.18 Å². The number of carbonyl (C=O) groups excluding carboxylic acids is 1. The Morgan fingerprint density at radius 3 is 2.59 bits per heavy atom. The van der Waals surface area contributed by atoms with Gasteiger partial charge in [0.25, 0.3) is 11.5 Å². The van der Waals surface area contributed by atoms with Crippen molar-refractivity contribution in [2.75, 3.05) is 20.3 Å². The third-order valence-corrected chi connectivity index (χ3v) is 4.10. The second-order valence-electron chi connectivity index (χ2n) is 6.15. The molecule has 150 valence electrons. The van der Waals surface area contributed by atoms with Gasteiger partial charge in [0, 0.05) is 13.7 Å². The Morgan fingerprint density at radius 2 is 1.90 bits per heavy atom. The number of hydrogen-bond donors (Lipinski definition) is 1. The van der Waals surface area contributed by atoms with E-state index in [-0.39, 0.29) is 19.7 Å². The lowest BCUT2D eigenvalue weighted by Crippen LogP contribution is -2.46. The van der Waals surface area contributed by atoms with E-state index in [0.29, 0.717) is 11.3 Å². The summed E-state index contributed by atoms with van der Waals surface area (Å²) in [7, 11) is 1.48. The number of nitrogens with one attached hydrogen (secondary N) is 1. The van der Waals surface area contributed by atoms with Crippen molar-refractivity contribution in [3.8, 4) is 5.69 Å². The fourth-order valence-corrected chi connectivity index (χ4v) is 2.70. The van der Waals surface area contributed by atoms with E-state index in [1.54, 1.807) is 36.4 Å². The number of halogens is 1. The minimum absolute atomic E-state index is 0.171. The molecular formula is C20H19FN4O4. The Kier molecular flexibility index (Phi) is 6.30. The molecule has 0 radical (unpaired) electrons. The first-order valence-electron chi connectivity index (χ1n) is 8.82. The zero-order valence-corrected chi connectivity index (χ0v) is 15.7. The molecule has 0 aliphatic carbocycles. The molecule has 2 aromatic carbocycles. The molecule has 0 fully saturated rings. The zero-order valence-electron chi connectivity index (χ0n) is 15.7. The zero-order chi connectivity index (χ0) is 20.8. The van der Waals surface area contributed by atoms with Gasteiger partial charge in [-0.05, 0) is 29.8 Å². The maximum absolute atomic E-state index is 13.5. The molecule has 3 aromatic rings. The van der Waals surface area contributed by atoms with Crippen LogP contribution in [0.5, 0.6) is 0 Å². The molecule has 0 aliphatic rings. The van der Waals surface area contributed by atoms with Crippen molar-refractivity contribution in [3.63, 3.8) is 0 Å². The summed E-state index contributed by atoms with van der Waals surface area (Å²) in [4.78, 5) is 38.2. The quantitative estimate of drug-likeness (QED) is 0.598. The van der Waals surface area contributed by atoms with Crippen molar-refractivity contribution in [2.45, 2.75) is 6.54 Å². The predicted octanol–water partition coefficient (Wildman–Crippen LogP) is 0.958. The topological polar surface area (TPSA) is 95.2 Å². The fourth-order valence-electron chi connectivity index (χ4n) is 2.70. The highest BCUT2D eigenvalue weighted by molar-refractivity contribution is 5.91. The summed E-state index contributed by atoms with van der Waals surface area (Å²) in [5.74, 6) is -1.23. The van der Waals surface area contributed by atoms with Gasteiger partial charge in [0.2, 0.25) is 5.69 Å². The van der Waals surface area contributed by atoms with Gasteiger partial charge in [0.15, 0.2) is 0 Å². The molecule has 1 N–H and O–H groups in total. The van der Waals surface area contributed by atoms with E-state index in [2.05, 4.69) is 10.4 Å². The third-order valence-electron chi connectivity index (χ3n) is 4.10. The number of nitrogens with zero attached hydrogens (tertiary/aromatic N) is 3. The van der Waals surface area contributed by atoms with Crippen LogP contribution >= 0.6 is 0 Å². The molecule has 0 aliphatic heterocycles. The van der Waals surface area contributed by atoms with E-state index in [9.17, 15) is 18.8 Å². The Hall–Kier alpha value is -3.59. The van der Waals surface area contributed by atoms with Crippen LogP contribution in [0.25, 0.3) is 5.69 Å². The summed E-state index contributed by atoms with van der Waals surface area (Å²) in [6.07, 6.45) is 0. The van der Waals surface area contributed by atoms with Gasteiger partial charge >= 0.3 is 5.69 Å². The van der Waals surface area contributed by atoms with Gasteiger partial charge in [0.1, 0.15) is 5.82 Å². The van der Waals surface area contributed by atoms with E-state index < -0.39 is 28.7 Å². The summed E-state index contributed by atoms with van der Waals surface area (Å²) >= 11 is 0. The number of carbonyl (C=O) groups is 1. The highest BCUT2D eigenvalue weighted by Crippen LogP contribution is 2.05. The molecule has 1 aromatic heterocycles. The van der Waals surface area contributed by atoms with Crippen molar-refractivity contribution in [1.29, 1.82) is 0 Å². The number of para-hydroxylation sites is 1. The molecule has 3 rings (SSSR count). The number of aromatic nitrogens is 3. The van der Waals surface area contributed by atoms with E-state index in [0.717, 1.165) is 9.25 Å². The number of methoxy groups -OCH3 is 1. The molecule has 0 bridgehead atoms. The van der Waals surface area contributed by atoms with Crippen LogP contribution in [0.2, 0.25) is 0 Å². The van der Waals surface area contributed by atoms with Gasteiger partial charge in [-0.3, -0.25) is 14.2 Å². The number of rotatable bonds is 7. The highest BCUT2D eigenvalue weighted by Gasteiger charge is 2.20. The average molecular weight is 398 g/mol. The van der Waals surface area contributed by atoms with Crippen LogP contribution < -0.4 is 16.6 Å². The smallest absolute Gasteiger partial charge is 0.352 e. The molecule has 29 heavy (non-hydrogen) atoms. The molecule has 0 unspecified atom stereocenters. The van der Waals surface area contributed by atoms with E-state index in [1.165, 1.54) is 25.3 Å². The van der Waals surface area contributed by atoms with Gasteiger partial charge in [-0.15, -0.1) is 0 Å². The minimum Gasteiger partial charge on any atom is -0.383 e. The SMILES string of the molecule is COCCNC(=O)c1nn(-c2ccccc2)c(=O)n(Cc2cccc(F)c2)c1=O. The van der Waals surface area contributed by atoms with Crippen LogP contribution in [0.15, 0.2) is 64.2 Å². The Morgan fingerprint density at radius 1 is 1.14 bits per heavy atom. The summed E-state index contributed by atoms with van der Waals surface area (Å²) in [5, 5.41) is 6.51. The van der Waals surface area contributed by atoms with Crippen LogP contribution in [0.1, 0.15) is 16.1 Å². The lowest BCUT2D eigenvalue weighted by Gasteiger charge is -2.12. The lowest BCUT2D eigenvalue weighted by molar-refractivity contribution is 0.0927. The van der Waals surface area contributed by atoms with Gasteiger partial charge < -0.3 is 10.1 Å². The molecule has 0 saturated carbocycles.